The molecule has 1 fully saturated rings. The highest BCUT2D eigenvalue weighted by Gasteiger charge is 2.36. The maximum atomic E-state index is 12.3. The van der Waals surface area contributed by atoms with E-state index in [1.807, 2.05) is 0 Å². The highest BCUT2D eigenvalue weighted by molar-refractivity contribution is 8.18. The summed E-state index contributed by atoms with van der Waals surface area (Å²) in [6.45, 7) is 1.26. The Morgan fingerprint density at radius 2 is 2.12 bits per heavy atom. The number of benzene rings is 1. The Morgan fingerprint density at radius 3 is 2.72 bits per heavy atom. The summed E-state index contributed by atoms with van der Waals surface area (Å²) in [5, 5.41) is 10.3. The third kappa shape index (κ3) is 4.15. The predicted octanol–water partition coefficient (Wildman–Crippen LogP) is 2.20. The fourth-order valence-electron chi connectivity index (χ4n) is 2.06. The summed E-state index contributed by atoms with van der Waals surface area (Å²) < 4.78 is 9.84. The maximum absolute atomic E-state index is 12.3. The molecule has 1 aliphatic rings. The second kappa shape index (κ2) is 7.79. The minimum Gasteiger partial charge on any atom is -0.496 e. The SMILES string of the molecule is CCOC(=O)CN1C(=O)S/C(=C\c2cc([N+](=O)[O-])ccc2OC)C1=O. The molecule has 1 saturated heterocycles. The average molecular weight is 366 g/mol. The van der Waals surface area contributed by atoms with Crippen LogP contribution in [0.2, 0.25) is 0 Å². The predicted molar refractivity (Wildman–Crippen MR) is 89.0 cm³/mol. The van der Waals surface area contributed by atoms with E-state index >= 15 is 0 Å². The number of methoxy groups -OCH3 is 1. The summed E-state index contributed by atoms with van der Waals surface area (Å²) in [5.74, 6) is -1.06. The van der Waals surface area contributed by atoms with E-state index in [1.165, 1.54) is 31.4 Å². The Balaban J connectivity index is 2.31. The monoisotopic (exact) mass is 366 g/mol. The van der Waals surface area contributed by atoms with E-state index in [2.05, 4.69) is 0 Å². The lowest BCUT2D eigenvalue weighted by atomic mass is 10.1. The minimum absolute atomic E-state index is 0.0353. The van der Waals surface area contributed by atoms with Crippen LogP contribution in [0.4, 0.5) is 10.5 Å². The molecule has 0 atom stereocenters. The van der Waals surface area contributed by atoms with Gasteiger partial charge in [0.15, 0.2) is 0 Å². The number of thioether (sulfide) groups is 1. The topological polar surface area (TPSA) is 116 Å². The molecular weight excluding hydrogens is 352 g/mol. The van der Waals surface area contributed by atoms with Gasteiger partial charge in [0.25, 0.3) is 16.8 Å². The van der Waals surface area contributed by atoms with Crippen molar-refractivity contribution < 1.29 is 28.8 Å². The largest absolute Gasteiger partial charge is 0.496 e. The van der Waals surface area contributed by atoms with Gasteiger partial charge in [-0.1, -0.05) is 0 Å². The lowest BCUT2D eigenvalue weighted by molar-refractivity contribution is -0.384. The molecule has 0 N–H and O–H groups in total. The summed E-state index contributed by atoms with van der Waals surface area (Å²) >= 11 is 0.635. The van der Waals surface area contributed by atoms with Crippen molar-refractivity contribution in [1.29, 1.82) is 0 Å². The number of non-ortho nitro benzene ring substituents is 1. The molecule has 0 saturated carbocycles. The van der Waals surface area contributed by atoms with Crippen LogP contribution in [-0.4, -0.2) is 47.2 Å². The molecule has 0 aromatic heterocycles. The number of carbonyl (C=O) groups excluding carboxylic acids is 3. The normalized spacial score (nSPS) is 15.6. The van der Waals surface area contributed by atoms with Gasteiger partial charge in [-0.25, -0.2) is 0 Å². The molecule has 1 aromatic carbocycles. The second-order valence-electron chi connectivity index (χ2n) is 4.76. The van der Waals surface area contributed by atoms with E-state index in [1.54, 1.807) is 6.92 Å². The molecule has 1 aliphatic heterocycles. The first-order valence-corrected chi connectivity index (χ1v) is 7.92. The number of amides is 2. The van der Waals surface area contributed by atoms with Gasteiger partial charge in [0.2, 0.25) is 0 Å². The Labute approximate surface area is 146 Å². The van der Waals surface area contributed by atoms with Gasteiger partial charge in [-0.15, -0.1) is 0 Å². The van der Waals surface area contributed by atoms with Gasteiger partial charge in [0.05, 0.1) is 23.5 Å². The minimum atomic E-state index is -0.695. The Bertz CT molecular complexity index is 775. The summed E-state index contributed by atoms with van der Waals surface area (Å²) in [7, 11) is 1.38. The van der Waals surface area contributed by atoms with Crippen molar-refractivity contribution in [3.63, 3.8) is 0 Å². The molecular formula is C15H14N2O7S. The molecule has 9 nitrogen and oxygen atoms in total. The fraction of sp³-hybridized carbons (Fsp3) is 0.267. The molecule has 0 spiro atoms. The van der Waals surface area contributed by atoms with Crippen molar-refractivity contribution in [3.05, 3.63) is 38.8 Å². The lowest BCUT2D eigenvalue weighted by Crippen LogP contribution is -2.34. The van der Waals surface area contributed by atoms with E-state index in [-0.39, 0.29) is 22.8 Å². The number of ether oxygens (including phenoxy) is 2. The number of carbonyl (C=O) groups is 3. The first-order valence-electron chi connectivity index (χ1n) is 7.10. The van der Waals surface area contributed by atoms with E-state index in [0.717, 1.165) is 4.90 Å². The van der Waals surface area contributed by atoms with E-state index in [9.17, 15) is 24.5 Å². The van der Waals surface area contributed by atoms with Gasteiger partial charge < -0.3 is 9.47 Å². The van der Waals surface area contributed by atoms with Gasteiger partial charge >= 0.3 is 5.97 Å². The third-order valence-corrected chi connectivity index (χ3v) is 4.08. The van der Waals surface area contributed by atoms with Crippen LogP contribution in [0.5, 0.6) is 5.75 Å². The number of rotatable bonds is 6. The van der Waals surface area contributed by atoms with Crippen molar-refractivity contribution in [2.45, 2.75) is 6.92 Å². The number of hydrogen-bond donors (Lipinski definition) is 0. The summed E-state index contributed by atoms with van der Waals surface area (Å²) in [6.07, 6.45) is 1.32. The summed E-state index contributed by atoms with van der Waals surface area (Å²) in [4.78, 5) is 46.8. The first-order chi connectivity index (χ1) is 11.9. The molecule has 1 heterocycles. The number of nitro groups is 1. The number of imide groups is 1. The van der Waals surface area contributed by atoms with Gasteiger partial charge in [0, 0.05) is 17.7 Å². The molecule has 0 unspecified atom stereocenters. The second-order valence-corrected chi connectivity index (χ2v) is 5.75. The molecule has 0 aliphatic carbocycles. The van der Waals surface area contributed by atoms with Gasteiger partial charge in [-0.2, -0.15) is 0 Å². The Morgan fingerprint density at radius 1 is 1.40 bits per heavy atom. The summed E-state index contributed by atoms with van der Waals surface area (Å²) in [5.41, 5.74) is 0.0936. The van der Waals surface area contributed by atoms with Gasteiger partial charge in [-0.05, 0) is 30.8 Å². The van der Waals surface area contributed by atoms with Crippen LogP contribution in [0.25, 0.3) is 6.08 Å². The standard InChI is InChI=1S/C15H14N2O7S/c1-3-24-13(18)8-16-14(19)12(25-15(16)20)7-9-6-10(17(21)22)4-5-11(9)23-2/h4-7H,3,8H2,1-2H3/b12-7-. The maximum Gasteiger partial charge on any atom is 0.326 e. The van der Waals surface area contributed by atoms with Crippen LogP contribution in [0.15, 0.2) is 23.1 Å². The Kier molecular flexibility index (Phi) is 5.75. The lowest BCUT2D eigenvalue weighted by Gasteiger charge is -2.10. The smallest absolute Gasteiger partial charge is 0.326 e. The van der Waals surface area contributed by atoms with Crippen LogP contribution < -0.4 is 4.74 Å². The zero-order valence-electron chi connectivity index (χ0n) is 13.4. The first kappa shape index (κ1) is 18.5. The van der Waals surface area contributed by atoms with Gasteiger partial charge in [-0.3, -0.25) is 29.4 Å². The van der Waals surface area contributed by atoms with Gasteiger partial charge in [0.1, 0.15) is 12.3 Å². The molecule has 10 heteroatoms. The highest BCUT2D eigenvalue weighted by atomic mass is 32.2. The molecule has 0 bridgehead atoms. The van der Waals surface area contributed by atoms with Crippen molar-refractivity contribution in [2.75, 3.05) is 20.3 Å². The molecule has 0 radical (unpaired) electrons. The van der Waals surface area contributed by atoms with E-state index in [0.29, 0.717) is 17.5 Å². The highest BCUT2D eigenvalue weighted by Crippen LogP contribution is 2.34. The van der Waals surface area contributed by atoms with Crippen molar-refractivity contribution in [1.82, 2.24) is 4.90 Å². The molecule has 1 aromatic rings. The van der Waals surface area contributed by atoms with E-state index in [4.69, 9.17) is 9.47 Å². The van der Waals surface area contributed by atoms with Crippen molar-refractivity contribution in [2.24, 2.45) is 0 Å². The van der Waals surface area contributed by atoms with Crippen LogP contribution in [-0.2, 0) is 14.3 Å². The zero-order chi connectivity index (χ0) is 18.6. The number of nitrogens with zero attached hydrogens (tertiary/aromatic N) is 2. The quantitative estimate of drug-likeness (QED) is 0.326. The van der Waals surface area contributed by atoms with Crippen LogP contribution in [0.1, 0.15) is 12.5 Å². The van der Waals surface area contributed by atoms with E-state index < -0.39 is 28.6 Å². The number of esters is 1. The van der Waals surface area contributed by atoms with Crippen LogP contribution in [0.3, 0.4) is 0 Å². The number of hydrogen-bond acceptors (Lipinski definition) is 8. The van der Waals surface area contributed by atoms with Crippen molar-refractivity contribution >= 4 is 40.6 Å². The summed E-state index contributed by atoms with van der Waals surface area (Å²) in [6, 6.07) is 3.90. The molecule has 132 valence electrons. The number of nitro benzene ring substituents is 1. The average Bonchev–Trinajstić information content (AvgIpc) is 2.82. The van der Waals surface area contributed by atoms with Crippen LogP contribution in [0, 0.1) is 10.1 Å². The fourth-order valence-corrected chi connectivity index (χ4v) is 2.89. The molecule has 25 heavy (non-hydrogen) atoms. The molecule has 2 rings (SSSR count). The van der Waals surface area contributed by atoms with Crippen LogP contribution >= 0.6 is 11.8 Å². The van der Waals surface area contributed by atoms with Crippen molar-refractivity contribution in [3.8, 4) is 5.75 Å². The zero-order valence-corrected chi connectivity index (χ0v) is 14.2. The molecule has 2 amide bonds. The third-order valence-electron chi connectivity index (χ3n) is 3.18. The Hall–Kier alpha value is -2.88.